The summed E-state index contributed by atoms with van der Waals surface area (Å²) in [4.78, 5) is 45.2. The predicted octanol–water partition coefficient (Wildman–Crippen LogP) is -1.18. The quantitative estimate of drug-likeness (QED) is 0.330. The van der Waals surface area contributed by atoms with E-state index in [1.807, 2.05) is 0 Å². The van der Waals surface area contributed by atoms with Crippen molar-refractivity contribution in [1.82, 2.24) is 0 Å². The molecule has 0 radical (unpaired) electrons. The van der Waals surface area contributed by atoms with Gasteiger partial charge in [-0.05, 0) is 0 Å². The summed E-state index contributed by atoms with van der Waals surface area (Å²) in [5.74, 6) is 0. The van der Waals surface area contributed by atoms with E-state index in [1.165, 1.54) is 0 Å². The predicted molar refractivity (Wildman–Crippen MR) is 37.2 cm³/mol. The lowest BCUT2D eigenvalue weighted by Gasteiger charge is -2.03. The van der Waals surface area contributed by atoms with Gasteiger partial charge in [0.1, 0.15) is 0 Å². The first kappa shape index (κ1) is 15.7. The molecule has 10 nitrogen and oxygen atoms in total. The summed E-state index contributed by atoms with van der Waals surface area (Å²) in [5.41, 5.74) is 0. The third kappa shape index (κ3) is 32.9. The Morgan fingerprint density at radius 1 is 0.923 bits per heavy atom. The minimum atomic E-state index is -5.05. The Morgan fingerprint density at radius 2 is 1.08 bits per heavy atom. The molecule has 0 heterocycles. The minimum Gasteiger partial charge on any atom is -0.302 e. The molecule has 0 unspecified atom stereocenters. The van der Waals surface area contributed by atoms with Gasteiger partial charge in [-0.25, -0.2) is 9.13 Å². The van der Waals surface area contributed by atoms with E-state index in [0.717, 1.165) is 0 Å². The molecular weight excluding hydrogens is 253 g/mol. The average molecular weight is 259 g/mol. The van der Waals surface area contributed by atoms with Crippen molar-refractivity contribution in [3.63, 3.8) is 0 Å². The maximum atomic E-state index is 9.63. The largest absolute Gasteiger partial charge is 0.692 e. The van der Waals surface area contributed by atoms with Gasteiger partial charge < -0.3 is 19.6 Å². The fraction of sp³-hybridized carbons (Fsp3) is 0. The molecule has 0 rings (SSSR count). The fourth-order valence-corrected chi connectivity index (χ4v) is 1.25. The van der Waals surface area contributed by atoms with Crippen LogP contribution in [-0.4, -0.2) is 29.4 Å². The van der Waals surface area contributed by atoms with Crippen LogP contribution in [0.1, 0.15) is 0 Å². The smallest absolute Gasteiger partial charge is 0.302 e. The van der Waals surface area contributed by atoms with Crippen LogP contribution >= 0.6 is 23.9 Å². The van der Waals surface area contributed by atoms with Crippen molar-refractivity contribution in [2.45, 2.75) is 0 Å². The Balaban J connectivity index is 0. The normalized spacial score (nSPS) is 11.5. The highest BCUT2D eigenvalue weighted by molar-refractivity contribution is 7.60. The Labute approximate surface area is 72.2 Å². The molecule has 0 aliphatic carbocycles. The van der Waals surface area contributed by atoms with Gasteiger partial charge in [0.2, 0.25) is 0 Å². The van der Waals surface area contributed by atoms with Gasteiger partial charge >= 0.3 is 23.9 Å². The summed E-state index contributed by atoms with van der Waals surface area (Å²) in [7, 11) is -13.0. The van der Waals surface area contributed by atoms with E-state index in [2.05, 4.69) is 4.31 Å². The van der Waals surface area contributed by atoms with E-state index in [-0.39, 0.29) is 0 Å². The molecule has 0 aliphatic heterocycles. The lowest BCUT2D eigenvalue weighted by molar-refractivity contribution is 0.225. The third-order valence-electron chi connectivity index (χ3n) is 0.213. The highest BCUT2D eigenvalue weighted by atomic mass is 31.3. The number of phosphoric acid groups is 2. The maximum absolute atomic E-state index is 9.63. The molecule has 0 aromatic rings. The third-order valence-corrected chi connectivity index (χ3v) is 1.91. The van der Waals surface area contributed by atoms with Gasteiger partial charge in [0.25, 0.3) is 0 Å². The van der Waals surface area contributed by atoms with Crippen molar-refractivity contribution in [3.05, 3.63) is 0 Å². The molecule has 0 aromatic carbocycles. The minimum absolute atomic E-state index is 2.87. The van der Waals surface area contributed by atoms with Gasteiger partial charge in [-0.2, -0.15) is 4.31 Å². The van der Waals surface area contributed by atoms with Gasteiger partial charge in [-0.15, -0.1) is 9.79 Å². The number of hydrogen-bond acceptors (Lipinski definition) is 4. The lowest BCUT2D eigenvalue weighted by Crippen LogP contribution is -1.84. The molecule has 0 aliphatic rings. The lowest BCUT2D eigenvalue weighted by atomic mass is 15.7. The van der Waals surface area contributed by atoms with Crippen molar-refractivity contribution < 1.29 is 47.4 Å². The molecule has 0 saturated carbocycles. The molecule has 0 saturated heterocycles. The average Bonchev–Trinajstić information content (AvgIpc) is 1.47. The van der Waals surface area contributed by atoms with Crippen molar-refractivity contribution in [2.75, 3.05) is 0 Å². The van der Waals surface area contributed by atoms with Crippen LogP contribution in [0, 0.1) is 0 Å². The van der Waals surface area contributed by atoms with Gasteiger partial charge in [0.05, 0.1) is 0 Å². The molecule has 0 spiro atoms. The molecule has 13 heavy (non-hydrogen) atoms. The van der Waals surface area contributed by atoms with Gasteiger partial charge in [-0.3, -0.25) is 0 Å². The highest BCUT2D eigenvalue weighted by Gasteiger charge is 2.27. The maximum Gasteiger partial charge on any atom is 0.692 e. The van der Waals surface area contributed by atoms with E-state index in [0.29, 0.717) is 0 Å². The number of rotatable bonds is 2. The second kappa shape index (κ2) is 5.90. The van der Waals surface area contributed by atoms with Crippen LogP contribution in [0.25, 0.3) is 0 Å². The van der Waals surface area contributed by atoms with Crippen LogP contribution in [0.2, 0.25) is 0 Å². The standard InChI is InChI=1S/H4O7P2.HO3P/c1-8(2,3)7-9(4,5)6;1-4(2)3/h(H2,1,2,3)(H2,4,5,6);(H-,1,2,3)/p+1. The molecule has 0 amide bonds. The summed E-state index contributed by atoms with van der Waals surface area (Å²) < 4.78 is 30.9. The fourth-order valence-electron chi connectivity index (χ4n) is 0.139. The van der Waals surface area contributed by atoms with Crippen molar-refractivity contribution >= 4 is 23.9 Å². The SMILES string of the molecule is O=P(O)(O)OP(=O)(O)O.O=[P+](O)O. The molecule has 13 heteroatoms. The molecule has 0 aromatic heterocycles. The Kier molecular flexibility index (Phi) is 7.14. The second-order valence-electron chi connectivity index (χ2n) is 1.32. The summed E-state index contributed by atoms with van der Waals surface area (Å²) in [6.45, 7) is 0. The van der Waals surface area contributed by atoms with Gasteiger partial charge in [-0.1, -0.05) is 0 Å². The van der Waals surface area contributed by atoms with E-state index in [9.17, 15) is 9.13 Å². The van der Waals surface area contributed by atoms with E-state index >= 15 is 0 Å². The topological polar surface area (TPSA) is 182 Å². The van der Waals surface area contributed by atoms with Crippen LogP contribution in [0.5, 0.6) is 0 Å². The van der Waals surface area contributed by atoms with Crippen LogP contribution in [0.15, 0.2) is 0 Å². The van der Waals surface area contributed by atoms with Crippen LogP contribution in [0.4, 0.5) is 0 Å². The number of hydrogen-bond donors (Lipinski definition) is 6. The second-order valence-corrected chi connectivity index (χ2v) is 4.44. The molecule has 80 valence electrons. The first-order valence-corrected chi connectivity index (χ1v) is 6.34. The van der Waals surface area contributed by atoms with Crippen molar-refractivity contribution in [1.29, 1.82) is 0 Å². The molecule has 0 fully saturated rings. The summed E-state index contributed by atoms with van der Waals surface area (Å²) in [6.07, 6.45) is 0. The van der Waals surface area contributed by atoms with Crippen LogP contribution < -0.4 is 0 Å². The zero-order chi connectivity index (χ0) is 11.3. The molecule has 0 atom stereocenters. The Morgan fingerprint density at radius 3 is 1.08 bits per heavy atom. The molecule has 6 N–H and O–H groups in total. The highest BCUT2D eigenvalue weighted by Crippen LogP contribution is 2.53. The van der Waals surface area contributed by atoms with E-state index in [4.69, 9.17) is 33.9 Å². The van der Waals surface area contributed by atoms with E-state index in [1.54, 1.807) is 0 Å². The zero-order valence-electron chi connectivity index (χ0n) is 5.66. The van der Waals surface area contributed by atoms with E-state index < -0.39 is 23.9 Å². The summed E-state index contributed by atoms with van der Waals surface area (Å²) in [6, 6.07) is 0. The summed E-state index contributed by atoms with van der Waals surface area (Å²) >= 11 is 0. The monoisotopic (exact) mass is 259 g/mol. The Hall–Kier alpha value is 0.280. The van der Waals surface area contributed by atoms with Crippen molar-refractivity contribution in [3.8, 4) is 0 Å². The van der Waals surface area contributed by atoms with Gasteiger partial charge in [0.15, 0.2) is 0 Å². The first-order valence-electron chi connectivity index (χ1n) is 2.11. The van der Waals surface area contributed by atoms with Crippen LogP contribution in [0.3, 0.4) is 0 Å². The summed E-state index contributed by atoms with van der Waals surface area (Å²) in [5, 5.41) is 0. The molecular formula is H6O10P3+. The Bertz CT molecular complexity index is 215. The van der Waals surface area contributed by atoms with Crippen molar-refractivity contribution in [2.24, 2.45) is 0 Å². The van der Waals surface area contributed by atoms with Crippen LogP contribution in [-0.2, 0) is 18.0 Å². The van der Waals surface area contributed by atoms with Gasteiger partial charge in [0, 0.05) is 4.57 Å². The first-order chi connectivity index (χ1) is 5.44. The molecule has 0 bridgehead atoms. The zero-order valence-corrected chi connectivity index (χ0v) is 8.34.